The molecule has 0 unspecified atom stereocenters. The zero-order chi connectivity index (χ0) is 12.0. The lowest BCUT2D eigenvalue weighted by molar-refractivity contribution is -0.143. The Hall–Kier alpha value is -0.870. The van der Waals surface area contributed by atoms with Gasteiger partial charge in [-0.25, -0.2) is 0 Å². The van der Waals surface area contributed by atoms with Gasteiger partial charge in [-0.05, 0) is 24.1 Å². The molecule has 0 aromatic heterocycles. The van der Waals surface area contributed by atoms with E-state index in [4.69, 9.17) is 4.74 Å². The van der Waals surface area contributed by atoms with Crippen LogP contribution < -0.4 is 5.32 Å². The number of hydrogen-bond donors (Lipinski definition) is 1. The topological polar surface area (TPSA) is 38.3 Å². The summed E-state index contributed by atoms with van der Waals surface area (Å²) >= 11 is 3.41. The second-order valence-electron chi connectivity index (χ2n) is 3.49. The van der Waals surface area contributed by atoms with Crippen LogP contribution in [-0.4, -0.2) is 19.1 Å². The van der Waals surface area contributed by atoms with Crippen LogP contribution in [0.3, 0.4) is 0 Å². The van der Waals surface area contributed by atoms with Crippen molar-refractivity contribution in [1.29, 1.82) is 0 Å². The molecule has 0 spiro atoms. The van der Waals surface area contributed by atoms with Crippen molar-refractivity contribution in [3.05, 3.63) is 34.3 Å². The highest BCUT2D eigenvalue weighted by molar-refractivity contribution is 9.10. The normalized spacial score (nSPS) is 12.2. The fraction of sp³-hybridized carbons (Fsp3) is 0.417. The van der Waals surface area contributed by atoms with Gasteiger partial charge in [0.05, 0.1) is 7.11 Å². The fourth-order valence-corrected chi connectivity index (χ4v) is 1.87. The molecule has 0 aliphatic heterocycles. The van der Waals surface area contributed by atoms with Gasteiger partial charge in [-0.3, -0.25) is 4.79 Å². The number of ether oxygens (including phenoxy) is 1. The van der Waals surface area contributed by atoms with Crippen molar-refractivity contribution in [2.24, 2.45) is 0 Å². The van der Waals surface area contributed by atoms with Crippen LogP contribution in [0.1, 0.15) is 18.9 Å². The van der Waals surface area contributed by atoms with Crippen LogP contribution in [0.2, 0.25) is 0 Å². The monoisotopic (exact) mass is 285 g/mol. The number of rotatable bonds is 5. The third-order valence-electron chi connectivity index (χ3n) is 2.34. The SMILES string of the molecule is CC[C@@H](NCc1cccc(Br)c1)C(=O)OC. The predicted molar refractivity (Wildman–Crippen MR) is 67.1 cm³/mol. The van der Waals surface area contributed by atoms with Gasteiger partial charge < -0.3 is 10.1 Å². The van der Waals surface area contributed by atoms with Crippen LogP contribution in [0.25, 0.3) is 0 Å². The van der Waals surface area contributed by atoms with Crippen molar-refractivity contribution in [1.82, 2.24) is 5.32 Å². The number of carbonyl (C=O) groups excluding carboxylic acids is 1. The van der Waals surface area contributed by atoms with Gasteiger partial charge in [-0.2, -0.15) is 0 Å². The Morgan fingerprint density at radius 2 is 2.31 bits per heavy atom. The molecule has 1 atom stereocenters. The van der Waals surface area contributed by atoms with E-state index < -0.39 is 0 Å². The quantitative estimate of drug-likeness (QED) is 0.845. The van der Waals surface area contributed by atoms with Gasteiger partial charge >= 0.3 is 5.97 Å². The zero-order valence-electron chi connectivity index (χ0n) is 9.50. The lowest BCUT2D eigenvalue weighted by Crippen LogP contribution is -2.36. The number of carbonyl (C=O) groups is 1. The van der Waals surface area contributed by atoms with Crippen molar-refractivity contribution in [3.63, 3.8) is 0 Å². The molecule has 0 saturated heterocycles. The van der Waals surface area contributed by atoms with Crippen LogP contribution in [0.15, 0.2) is 28.7 Å². The molecule has 1 N–H and O–H groups in total. The fourth-order valence-electron chi connectivity index (χ4n) is 1.42. The molecule has 0 amide bonds. The second-order valence-corrected chi connectivity index (χ2v) is 4.41. The lowest BCUT2D eigenvalue weighted by atomic mass is 10.2. The number of hydrogen-bond acceptors (Lipinski definition) is 3. The third kappa shape index (κ3) is 3.94. The predicted octanol–water partition coefficient (Wildman–Crippen LogP) is 2.49. The summed E-state index contributed by atoms with van der Waals surface area (Å²) in [6.45, 7) is 2.61. The van der Waals surface area contributed by atoms with Crippen molar-refractivity contribution in [3.8, 4) is 0 Å². The number of nitrogens with one attached hydrogen (secondary N) is 1. The van der Waals surface area contributed by atoms with Gasteiger partial charge in [-0.1, -0.05) is 35.0 Å². The molecule has 0 heterocycles. The van der Waals surface area contributed by atoms with E-state index >= 15 is 0 Å². The van der Waals surface area contributed by atoms with E-state index in [1.165, 1.54) is 7.11 Å². The molecule has 1 aromatic carbocycles. The molecular weight excluding hydrogens is 270 g/mol. The largest absolute Gasteiger partial charge is 0.468 e. The molecule has 3 nitrogen and oxygen atoms in total. The van der Waals surface area contributed by atoms with Crippen LogP contribution >= 0.6 is 15.9 Å². The van der Waals surface area contributed by atoms with E-state index in [0.717, 1.165) is 16.5 Å². The first-order valence-corrected chi connectivity index (χ1v) is 6.02. The highest BCUT2D eigenvalue weighted by atomic mass is 79.9. The van der Waals surface area contributed by atoms with Gasteiger partial charge in [0, 0.05) is 11.0 Å². The molecule has 0 bridgehead atoms. The average Bonchev–Trinajstić information content (AvgIpc) is 2.29. The highest BCUT2D eigenvalue weighted by Crippen LogP contribution is 2.11. The Morgan fingerprint density at radius 1 is 1.56 bits per heavy atom. The van der Waals surface area contributed by atoms with Gasteiger partial charge in [0.1, 0.15) is 6.04 Å². The molecule has 0 radical (unpaired) electrons. The Labute approximate surface area is 104 Å². The molecule has 1 aromatic rings. The molecule has 0 fully saturated rings. The Kier molecular flexibility index (Phi) is 5.49. The smallest absolute Gasteiger partial charge is 0.322 e. The summed E-state index contributed by atoms with van der Waals surface area (Å²) in [6, 6.07) is 7.75. The molecule has 16 heavy (non-hydrogen) atoms. The number of benzene rings is 1. The average molecular weight is 286 g/mol. The molecule has 0 aliphatic rings. The summed E-state index contributed by atoms with van der Waals surface area (Å²) in [6.07, 6.45) is 0.723. The molecule has 88 valence electrons. The second kappa shape index (κ2) is 6.66. The molecule has 1 rings (SSSR count). The summed E-state index contributed by atoms with van der Waals surface area (Å²) in [5.41, 5.74) is 1.14. The Bertz CT molecular complexity index is 355. The molecule has 4 heteroatoms. The van der Waals surface area contributed by atoms with Crippen LogP contribution in [0, 0.1) is 0 Å². The van der Waals surface area contributed by atoms with Gasteiger partial charge in [0.2, 0.25) is 0 Å². The summed E-state index contributed by atoms with van der Waals surface area (Å²) in [5, 5.41) is 3.17. The maximum atomic E-state index is 11.3. The molecule has 0 aliphatic carbocycles. The highest BCUT2D eigenvalue weighted by Gasteiger charge is 2.15. The lowest BCUT2D eigenvalue weighted by Gasteiger charge is -2.14. The summed E-state index contributed by atoms with van der Waals surface area (Å²) in [7, 11) is 1.41. The Balaban J connectivity index is 2.52. The van der Waals surface area contributed by atoms with Crippen molar-refractivity contribution in [2.45, 2.75) is 25.9 Å². The summed E-state index contributed by atoms with van der Waals surface area (Å²) in [4.78, 5) is 11.3. The van der Waals surface area contributed by atoms with E-state index in [2.05, 4.69) is 21.2 Å². The van der Waals surface area contributed by atoms with Crippen molar-refractivity contribution < 1.29 is 9.53 Å². The van der Waals surface area contributed by atoms with Crippen LogP contribution in [0.4, 0.5) is 0 Å². The van der Waals surface area contributed by atoms with Crippen LogP contribution in [-0.2, 0) is 16.1 Å². The van der Waals surface area contributed by atoms with Crippen LogP contribution in [0.5, 0.6) is 0 Å². The minimum Gasteiger partial charge on any atom is -0.468 e. The standard InChI is InChI=1S/C12H16BrNO2/c1-3-11(12(15)16-2)14-8-9-5-4-6-10(13)7-9/h4-7,11,14H,3,8H2,1-2H3/t11-/m1/s1. The van der Waals surface area contributed by atoms with Gasteiger partial charge in [0.25, 0.3) is 0 Å². The first kappa shape index (κ1) is 13.2. The van der Waals surface area contributed by atoms with Crippen molar-refractivity contribution >= 4 is 21.9 Å². The van der Waals surface area contributed by atoms with Gasteiger partial charge in [0.15, 0.2) is 0 Å². The third-order valence-corrected chi connectivity index (χ3v) is 2.83. The minimum atomic E-state index is -0.232. The van der Waals surface area contributed by atoms with Gasteiger partial charge in [-0.15, -0.1) is 0 Å². The summed E-state index contributed by atoms with van der Waals surface area (Å²) < 4.78 is 5.74. The van der Waals surface area contributed by atoms with Crippen molar-refractivity contribution in [2.75, 3.05) is 7.11 Å². The van der Waals surface area contributed by atoms with E-state index in [1.54, 1.807) is 0 Å². The number of esters is 1. The van der Waals surface area contributed by atoms with E-state index in [1.807, 2.05) is 31.2 Å². The zero-order valence-corrected chi connectivity index (χ0v) is 11.1. The first-order chi connectivity index (χ1) is 7.67. The maximum Gasteiger partial charge on any atom is 0.322 e. The van der Waals surface area contributed by atoms with E-state index in [0.29, 0.717) is 6.54 Å². The molecular formula is C12H16BrNO2. The summed E-state index contributed by atoms with van der Waals surface area (Å²) in [5.74, 6) is -0.211. The van der Waals surface area contributed by atoms with E-state index in [9.17, 15) is 4.79 Å². The molecule has 0 saturated carbocycles. The number of halogens is 1. The first-order valence-electron chi connectivity index (χ1n) is 5.23. The minimum absolute atomic E-state index is 0.211. The Morgan fingerprint density at radius 3 is 2.88 bits per heavy atom. The van der Waals surface area contributed by atoms with E-state index in [-0.39, 0.29) is 12.0 Å². The number of methoxy groups -OCH3 is 1. The maximum absolute atomic E-state index is 11.3.